The van der Waals surface area contributed by atoms with Crippen LogP contribution in [0.25, 0.3) is 0 Å². The number of benzene rings is 1. The van der Waals surface area contributed by atoms with E-state index in [4.69, 9.17) is 17.3 Å². The molecule has 1 aliphatic rings. The molecular formula is C19H28ClN3O2. The summed E-state index contributed by atoms with van der Waals surface area (Å²) in [6.07, 6.45) is 1.85. The van der Waals surface area contributed by atoms with Crippen molar-refractivity contribution in [2.24, 2.45) is 11.1 Å². The highest BCUT2D eigenvalue weighted by Crippen LogP contribution is 2.28. The van der Waals surface area contributed by atoms with E-state index >= 15 is 0 Å². The summed E-state index contributed by atoms with van der Waals surface area (Å²) in [5.41, 5.74) is 6.38. The van der Waals surface area contributed by atoms with Gasteiger partial charge in [-0.2, -0.15) is 0 Å². The number of hydrogen-bond acceptors (Lipinski definition) is 3. The minimum Gasteiger partial charge on any atom is -0.339 e. The lowest BCUT2D eigenvalue weighted by Crippen LogP contribution is -2.55. The van der Waals surface area contributed by atoms with E-state index in [0.717, 1.165) is 18.4 Å². The summed E-state index contributed by atoms with van der Waals surface area (Å²) in [7, 11) is 0. The van der Waals surface area contributed by atoms with Crippen LogP contribution >= 0.6 is 11.6 Å². The van der Waals surface area contributed by atoms with Gasteiger partial charge in [-0.25, -0.2) is 0 Å². The molecule has 0 aromatic heterocycles. The van der Waals surface area contributed by atoms with Crippen molar-refractivity contribution in [2.45, 2.75) is 33.1 Å². The first kappa shape index (κ1) is 19.7. The lowest BCUT2D eigenvalue weighted by molar-refractivity contribution is -0.147. The maximum absolute atomic E-state index is 12.8. The van der Waals surface area contributed by atoms with E-state index in [0.29, 0.717) is 44.2 Å². The Labute approximate surface area is 155 Å². The normalized spacial score (nSPS) is 15.4. The molecule has 25 heavy (non-hydrogen) atoms. The fourth-order valence-corrected chi connectivity index (χ4v) is 3.44. The predicted octanol–water partition coefficient (Wildman–Crippen LogP) is 2.32. The summed E-state index contributed by atoms with van der Waals surface area (Å²) in [6.45, 7) is 6.70. The molecule has 2 amide bonds. The lowest BCUT2D eigenvalue weighted by Gasteiger charge is -2.40. The minimum atomic E-state index is -0.463. The highest BCUT2D eigenvalue weighted by atomic mass is 35.5. The van der Waals surface area contributed by atoms with Gasteiger partial charge in [0.15, 0.2) is 0 Å². The molecule has 0 radical (unpaired) electrons. The van der Waals surface area contributed by atoms with Crippen LogP contribution in [0.3, 0.4) is 0 Å². The van der Waals surface area contributed by atoms with E-state index in [1.807, 2.05) is 35.8 Å². The maximum atomic E-state index is 12.8. The van der Waals surface area contributed by atoms with Gasteiger partial charge in [-0.15, -0.1) is 0 Å². The first-order chi connectivity index (χ1) is 12.0. The van der Waals surface area contributed by atoms with Crippen LogP contribution in [0.4, 0.5) is 0 Å². The lowest BCUT2D eigenvalue weighted by atomic mass is 9.81. The summed E-state index contributed by atoms with van der Waals surface area (Å²) >= 11 is 5.87. The molecule has 1 heterocycles. The van der Waals surface area contributed by atoms with Crippen molar-refractivity contribution in [2.75, 3.05) is 32.7 Å². The largest absolute Gasteiger partial charge is 0.339 e. The zero-order valence-electron chi connectivity index (χ0n) is 15.1. The molecule has 0 bridgehead atoms. The smallest absolute Gasteiger partial charge is 0.230 e. The molecule has 0 aliphatic carbocycles. The molecule has 5 nitrogen and oxygen atoms in total. The number of halogens is 1. The second-order valence-corrected chi connectivity index (χ2v) is 7.10. The molecule has 1 aromatic rings. The van der Waals surface area contributed by atoms with Crippen LogP contribution in [-0.4, -0.2) is 54.3 Å². The summed E-state index contributed by atoms with van der Waals surface area (Å²) in [6, 6.07) is 7.33. The molecule has 0 saturated carbocycles. The van der Waals surface area contributed by atoms with Crippen molar-refractivity contribution in [3.8, 4) is 0 Å². The molecule has 0 unspecified atom stereocenters. The van der Waals surface area contributed by atoms with Crippen LogP contribution in [0.1, 0.15) is 32.3 Å². The van der Waals surface area contributed by atoms with Gasteiger partial charge in [-0.05, 0) is 30.5 Å². The molecular weight excluding hydrogens is 338 g/mol. The number of amides is 2. The van der Waals surface area contributed by atoms with E-state index in [2.05, 4.69) is 0 Å². The Bertz CT molecular complexity index is 583. The van der Waals surface area contributed by atoms with Crippen molar-refractivity contribution >= 4 is 23.4 Å². The molecule has 1 fully saturated rings. The zero-order valence-corrected chi connectivity index (χ0v) is 15.9. The Balaban J connectivity index is 1.91. The number of hydrogen-bond donors (Lipinski definition) is 1. The third-order valence-electron chi connectivity index (χ3n) is 5.39. The summed E-state index contributed by atoms with van der Waals surface area (Å²) in [4.78, 5) is 29.0. The molecule has 6 heteroatoms. The van der Waals surface area contributed by atoms with Crippen LogP contribution in [-0.2, 0) is 16.0 Å². The Morgan fingerprint density at radius 3 is 2.04 bits per heavy atom. The van der Waals surface area contributed by atoms with Crippen LogP contribution in [0.2, 0.25) is 5.02 Å². The van der Waals surface area contributed by atoms with Crippen LogP contribution in [0.15, 0.2) is 24.3 Å². The molecule has 1 aromatic carbocycles. The van der Waals surface area contributed by atoms with E-state index in [9.17, 15) is 9.59 Å². The molecule has 0 spiro atoms. The number of carbonyl (C=O) groups is 2. The number of carbonyl (C=O) groups excluding carboxylic acids is 2. The highest BCUT2D eigenvalue weighted by molar-refractivity contribution is 6.30. The Morgan fingerprint density at radius 1 is 1.04 bits per heavy atom. The van der Waals surface area contributed by atoms with E-state index in [-0.39, 0.29) is 11.8 Å². The van der Waals surface area contributed by atoms with Gasteiger partial charge in [0, 0.05) is 37.7 Å². The average molecular weight is 366 g/mol. The van der Waals surface area contributed by atoms with Gasteiger partial charge in [0.05, 0.1) is 11.8 Å². The van der Waals surface area contributed by atoms with Gasteiger partial charge in [0.25, 0.3) is 0 Å². The first-order valence-electron chi connectivity index (χ1n) is 8.97. The van der Waals surface area contributed by atoms with Gasteiger partial charge in [0.1, 0.15) is 0 Å². The van der Waals surface area contributed by atoms with E-state index in [1.165, 1.54) is 0 Å². The van der Waals surface area contributed by atoms with E-state index < -0.39 is 5.41 Å². The average Bonchev–Trinajstić information content (AvgIpc) is 2.65. The molecule has 138 valence electrons. The van der Waals surface area contributed by atoms with Gasteiger partial charge >= 0.3 is 0 Å². The maximum Gasteiger partial charge on any atom is 0.230 e. The summed E-state index contributed by atoms with van der Waals surface area (Å²) in [5.74, 6) is 0.218. The van der Waals surface area contributed by atoms with E-state index in [1.54, 1.807) is 12.1 Å². The fourth-order valence-electron chi connectivity index (χ4n) is 3.31. The fraction of sp³-hybridized carbons (Fsp3) is 0.579. The van der Waals surface area contributed by atoms with Crippen molar-refractivity contribution < 1.29 is 9.59 Å². The number of rotatable bonds is 6. The van der Waals surface area contributed by atoms with Crippen molar-refractivity contribution in [1.82, 2.24) is 9.80 Å². The van der Waals surface area contributed by atoms with Crippen molar-refractivity contribution in [1.29, 1.82) is 0 Å². The third-order valence-corrected chi connectivity index (χ3v) is 5.64. The number of piperazine rings is 1. The molecule has 2 rings (SSSR count). The molecule has 1 saturated heterocycles. The number of nitrogens with two attached hydrogens (primary N) is 1. The first-order valence-corrected chi connectivity index (χ1v) is 9.35. The minimum absolute atomic E-state index is 0.0884. The quantitative estimate of drug-likeness (QED) is 0.841. The number of nitrogens with zero attached hydrogens (tertiary/aromatic N) is 2. The Morgan fingerprint density at radius 2 is 1.56 bits per heavy atom. The van der Waals surface area contributed by atoms with Crippen LogP contribution in [0.5, 0.6) is 0 Å². The van der Waals surface area contributed by atoms with Gasteiger partial charge in [-0.3, -0.25) is 9.59 Å². The third kappa shape index (κ3) is 4.53. The second kappa shape index (κ2) is 8.68. The molecule has 0 atom stereocenters. The SMILES string of the molecule is CCC(CC)(CN)C(=O)N1CCN(C(=O)Cc2ccc(Cl)cc2)CC1. The van der Waals surface area contributed by atoms with Gasteiger partial charge < -0.3 is 15.5 Å². The molecule has 2 N–H and O–H groups in total. The van der Waals surface area contributed by atoms with Crippen molar-refractivity contribution in [3.05, 3.63) is 34.9 Å². The monoisotopic (exact) mass is 365 g/mol. The highest BCUT2D eigenvalue weighted by Gasteiger charge is 2.38. The van der Waals surface area contributed by atoms with Crippen LogP contribution in [0, 0.1) is 5.41 Å². The Kier molecular flexibility index (Phi) is 6.85. The van der Waals surface area contributed by atoms with Gasteiger partial charge in [-0.1, -0.05) is 37.6 Å². The zero-order chi connectivity index (χ0) is 18.4. The standard InChI is InChI=1S/C19H28ClN3O2/c1-3-19(4-2,14-21)18(25)23-11-9-22(10-12-23)17(24)13-15-5-7-16(20)8-6-15/h5-8H,3-4,9-14,21H2,1-2H3. The van der Waals surface area contributed by atoms with Crippen molar-refractivity contribution in [3.63, 3.8) is 0 Å². The molecule has 1 aliphatic heterocycles. The van der Waals surface area contributed by atoms with Gasteiger partial charge in [0.2, 0.25) is 11.8 Å². The topological polar surface area (TPSA) is 66.6 Å². The predicted molar refractivity (Wildman–Crippen MR) is 100 cm³/mol. The summed E-state index contributed by atoms with van der Waals surface area (Å²) in [5, 5.41) is 0.665. The summed E-state index contributed by atoms with van der Waals surface area (Å²) < 4.78 is 0. The Hall–Kier alpha value is -1.59. The second-order valence-electron chi connectivity index (χ2n) is 6.67. The van der Waals surface area contributed by atoms with Crippen LogP contribution < -0.4 is 5.73 Å².